The zero-order valence-electron chi connectivity index (χ0n) is 10.3. The van der Waals surface area contributed by atoms with Crippen molar-refractivity contribution in [2.24, 2.45) is 0 Å². The Balaban J connectivity index is 0.00000133. The summed E-state index contributed by atoms with van der Waals surface area (Å²) in [5.74, 6) is 1.69. The van der Waals surface area contributed by atoms with Gasteiger partial charge in [-0.15, -0.1) is 23.7 Å². The number of nitrogens with zero attached hydrogens (tertiary/aromatic N) is 1. The van der Waals surface area contributed by atoms with E-state index in [4.69, 9.17) is 14.9 Å². The van der Waals surface area contributed by atoms with Crippen molar-refractivity contribution in [3.63, 3.8) is 0 Å². The molecule has 3 aromatic rings. The third-order valence-corrected chi connectivity index (χ3v) is 3.96. The van der Waals surface area contributed by atoms with Crippen molar-refractivity contribution < 1.29 is 9.15 Å². The Bertz CT molecular complexity index is 679. The molecule has 4 nitrogen and oxygen atoms in total. The van der Waals surface area contributed by atoms with Gasteiger partial charge in [-0.1, -0.05) is 0 Å². The van der Waals surface area contributed by atoms with Crippen molar-refractivity contribution in [2.75, 3.05) is 12.8 Å². The van der Waals surface area contributed by atoms with Crippen LogP contribution in [0.4, 0.5) is 5.69 Å². The Morgan fingerprint density at radius 3 is 2.95 bits per heavy atom. The molecule has 19 heavy (non-hydrogen) atoms. The SMILES string of the molecule is COc1c(Cc2ccco2)sc2c(N)ccnc12.Cl. The summed E-state index contributed by atoms with van der Waals surface area (Å²) in [5, 5.41) is 0. The molecule has 0 atom stereocenters. The first-order valence-corrected chi connectivity index (χ1v) is 6.33. The van der Waals surface area contributed by atoms with Crippen LogP contribution in [-0.2, 0) is 6.42 Å². The molecule has 0 saturated heterocycles. The molecule has 0 aliphatic heterocycles. The van der Waals surface area contributed by atoms with Crippen LogP contribution in [0.15, 0.2) is 35.1 Å². The molecule has 0 aliphatic carbocycles. The number of ether oxygens (including phenoxy) is 1. The molecule has 0 radical (unpaired) electrons. The van der Waals surface area contributed by atoms with Crippen molar-refractivity contribution in [3.05, 3.63) is 41.3 Å². The normalized spacial score (nSPS) is 10.4. The van der Waals surface area contributed by atoms with Gasteiger partial charge in [0.05, 0.1) is 28.6 Å². The minimum atomic E-state index is 0. The maximum atomic E-state index is 5.96. The highest BCUT2D eigenvalue weighted by molar-refractivity contribution is 7.20. The molecule has 3 aromatic heterocycles. The molecule has 0 aromatic carbocycles. The number of nitrogens with two attached hydrogens (primary N) is 1. The predicted molar refractivity (Wildman–Crippen MR) is 79.3 cm³/mol. The highest BCUT2D eigenvalue weighted by Gasteiger charge is 2.16. The summed E-state index contributed by atoms with van der Waals surface area (Å²) in [6.07, 6.45) is 4.06. The summed E-state index contributed by atoms with van der Waals surface area (Å²) in [6, 6.07) is 5.62. The van der Waals surface area contributed by atoms with E-state index in [9.17, 15) is 0 Å². The fourth-order valence-electron chi connectivity index (χ4n) is 1.93. The lowest BCUT2D eigenvalue weighted by Crippen LogP contribution is -1.89. The Hall–Kier alpha value is -1.72. The minimum absolute atomic E-state index is 0. The van der Waals surface area contributed by atoms with Crippen LogP contribution in [0.25, 0.3) is 10.2 Å². The van der Waals surface area contributed by atoms with E-state index in [0.717, 1.165) is 32.3 Å². The molecule has 100 valence electrons. The smallest absolute Gasteiger partial charge is 0.159 e. The molecular formula is C13H13ClN2O2S. The maximum absolute atomic E-state index is 5.96. The van der Waals surface area contributed by atoms with Crippen molar-refractivity contribution in [1.29, 1.82) is 0 Å². The minimum Gasteiger partial charge on any atom is -0.493 e. The maximum Gasteiger partial charge on any atom is 0.159 e. The molecule has 6 heteroatoms. The second-order valence-corrected chi connectivity index (χ2v) is 5.00. The molecule has 3 rings (SSSR count). The largest absolute Gasteiger partial charge is 0.493 e. The second-order valence-electron chi connectivity index (χ2n) is 3.89. The molecular weight excluding hydrogens is 284 g/mol. The number of hydrogen-bond donors (Lipinski definition) is 1. The van der Waals surface area contributed by atoms with Crippen LogP contribution < -0.4 is 10.5 Å². The lowest BCUT2D eigenvalue weighted by Gasteiger charge is -2.00. The lowest BCUT2D eigenvalue weighted by atomic mass is 10.2. The number of rotatable bonds is 3. The zero-order chi connectivity index (χ0) is 12.5. The molecule has 0 fully saturated rings. The van der Waals surface area contributed by atoms with Crippen LogP contribution >= 0.6 is 23.7 Å². The van der Waals surface area contributed by atoms with Crippen molar-refractivity contribution in [1.82, 2.24) is 4.98 Å². The number of anilines is 1. The van der Waals surface area contributed by atoms with E-state index in [-0.39, 0.29) is 12.4 Å². The fraction of sp³-hybridized carbons (Fsp3) is 0.154. The number of pyridine rings is 1. The van der Waals surface area contributed by atoms with Gasteiger partial charge in [-0.2, -0.15) is 0 Å². The number of furan rings is 1. The van der Waals surface area contributed by atoms with Crippen LogP contribution in [0.3, 0.4) is 0 Å². The quantitative estimate of drug-likeness (QED) is 0.803. The summed E-state index contributed by atoms with van der Waals surface area (Å²) < 4.78 is 11.8. The summed E-state index contributed by atoms with van der Waals surface area (Å²) >= 11 is 1.60. The van der Waals surface area contributed by atoms with Gasteiger partial charge in [0.2, 0.25) is 0 Å². The van der Waals surface area contributed by atoms with E-state index in [1.54, 1.807) is 37.0 Å². The van der Waals surface area contributed by atoms with Crippen molar-refractivity contribution >= 4 is 39.6 Å². The van der Waals surface area contributed by atoms with Crippen molar-refractivity contribution in [2.45, 2.75) is 6.42 Å². The number of fused-ring (bicyclic) bond motifs is 1. The molecule has 0 aliphatic rings. The summed E-state index contributed by atoms with van der Waals surface area (Å²) in [6.45, 7) is 0. The Labute approximate surface area is 120 Å². The molecule has 0 amide bonds. The number of hydrogen-bond acceptors (Lipinski definition) is 5. The Morgan fingerprint density at radius 1 is 1.42 bits per heavy atom. The Kier molecular flexibility index (Phi) is 3.97. The third-order valence-electron chi connectivity index (χ3n) is 2.75. The van der Waals surface area contributed by atoms with Crippen LogP contribution in [0.5, 0.6) is 5.75 Å². The van der Waals surface area contributed by atoms with Gasteiger partial charge in [0, 0.05) is 12.6 Å². The number of halogens is 1. The van der Waals surface area contributed by atoms with E-state index in [1.165, 1.54) is 0 Å². The average Bonchev–Trinajstić information content (AvgIpc) is 2.97. The van der Waals surface area contributed by atoms with E-state index in [2.05, 4.69) is 4.98 Å². The third kappa shape index (κ3) is 2.39. The highest BCUT2D eigenvalue weighted by atomic mass is 35.5. The number of methoxy groups -OCH3 is 1. The molecule has 3 heterocycles. The van der Waals surface area contributed by atoms with Gasteiger partial charge in [0.1, 0.15) is 11.3 Å². The fourth-order valence-corrected chi connectivity index (χ4v) is 3.09. The first-order valence-electron chi connectivity index (χ1n) is 5.52. The van der Waals surface area contributed by atoms with Gasteiger partial charge in [0.15, 0.2) is 5.75 Å². The highest BCUT2D eigenvalue weighted by Crippen LogP contribution is 2.40. The van der Waals surface area contributed by atoms with Crippen LogP contribution in [0.2, 0.25) is 0 Å². The van der Waals surface area contributed by atoms with E-state index < -0.39 is 0 Å². The van der Waals surface area contributed by atoms with Gasteiger partial charge >= 0.3 is 0 Å². The van der Waals surface area contributed by atoms with E-state index in [1.807, 2.05) is 12.1 Å². The van der Waals surface area contributed by atoms with E-state index >= 15 is 0 Å². The second kappa shape index (κ2) is 5.50. The summed E-state index contributed by atoms with van der Waals surface area (Å²) in [4.78, 5) is 5.41. The van der Waals surface area contributed by atoms with Gasteiger partial charge < -0.3 is 14.9 Å². The first-order chi connectivity index (χ1) is 8.79. The van der Waals surface area contributed by atoms with Gasteiger partial charge in [-0.25, -0.2) is 0 Å². The number of nitrogen functional groups attached to an aromatic ring is 1. The number of thiophene rings is 1. The molecule has 2 N–H and O–H groups in total. The topological polar surface area (TPSA) is 61.3 Å². The van der Waals surface area contributed by atoms with Crippen LogP contribution in [-0.4, -0.2) is 12.1 Å². The predicted octanol–water partition coefficient (Wildman–Crippen LogP) is 3.49. The average molecular weight is 297 g/mol. The van der Waals surface area contributed by atoms with E-state index in [0.29, 0.717) is 6.42 Å². The molecule has 0 spiro atoms. The summed E-state index contributed by atoms with van der Waals surface area (Å²) in [5.41, 5.74) is 7.51. The molecule has 0 unspecified atom stereocenters. The monoisotopic (exact) mass is 296 g/mol. The number of aromatic nitrogens is 1. The standard InChI is InChI=1S/C13H12N2O2S.ClH/c1-16-12-10(7-8-3-2-6-17-8)18-13-9(14)4-5-15-11(12)13;/h2-6H,7H2,1H3,(H2,14,15);1H. The van der Waals surface area contributed by atoms with Gasteiger partial charge in [-0.05, 0) is 18.2 Å². The first kappa shape index (κ1) is 13.7. The zero-order valence-corrected chi connectivity index (χ0v) is 11.9. The molecule has 0 saturated carbocycles. The van der Waals surface area contributed by atoms with Gasteiger partial charge in [-0.3, -0.25) is 4.98 Å². The van der Waals surface area contributed by atoms with Crippen LogP contribution in [0.1, 0.15) is 10.6 Å². The van der Waals surface area contributed by atoms with Crippen molar-refractivity contribution in [3.8, 4) is 5.75 Å². The molecule has 0 bridgehead atoms. The lowest BCUT2D eigenvalue weighted by molar-refractivity contribution is 0.415. The Morgan fingerprint density at radius 2 is 2.26 bits per heavy atom. The van der Waals surface area contributed by atoms with Gasteiger partial charge in [0.25, 0.3) is 0 Å². The van der Waals surface area contributed by atoms with Crippen LogP contribution in [0, 0.1) is 0 Å². The summed E-state index contributed by atoms with van der Waals surface area (Å²) in [7, 11) is 1.65.